The Morgan fingerprint density at radius 2 is 1.97 bits per heavy atom. The Balaban J connectivity index is 1.47. The first-order valence-electron chi connectivity index (χ1n) is 11.6. The lowest BCUT2D eigenvalue weighted by Gasteiger charge is -2.42. The van der Waals surface area contributed by atoms with Crippen molar-refractivity contribution in [2.45, 2.75) is 51.0 Å². The molecule has 2 N–H and O–H groups in total. The van der Waals surface area contributed by atoms with Gasteiger partial charge < -0.3 is 15.5 Å². The van der Waals surface area contributed by atoms with Crippen LogP contribution in [0, 0.1) is 0 Å². The van der Waals surface area contributed by atoms with Gasteiger partial charge >= 0.3 is 0 Å². The van der Waals surface area contributed by atoms with Crippen molar-refractivity contribution in [3.8, 4) is 5.75 Å². The van der Waals surface area contributed by atoms with Gasteiger partial charge in [-0.1, -0.05) is 18.6 Å². The van der Waals surface area contributed by atoms with Gasteiger partial charge in [-0.2, -0.15) is 0 Å². The second-order valence-corrected chi connectivity index (χ2v) is 8.92. The van der Waals surface area contributed by atoms with Crippen molar-refractivity contribution in [1.29, 1.82) is 0 Å². The molecule has 2 unspecified atom stereocenters. The predicted octanol–water partition coefficient (Wildman–Crippen LogP) is 4.72. The van der Waals surface area contributed by atoms with Crippen molar-refractivity contribution in [3.05, 3.63) is 65.4 Å². The van der Waals surface area contributed by atoms with Crippen LogP contribution >= 0.6 is 0 Å². The number of ketones is 1. The maximum absolute atomic E-state index is 13.2. The van der Waals surface area contributed by atoms with E-state index >= 15 is 0 Å². The quantitative estimate of drug-likeness (QED) is 0.482. The molecule has 2 aliphatic heterocycles. The predicted molar refractivity (Wildman–Crippen MR) is 124 cm³/mol. The fourth-order valence-corrected chi connectivity index (χ4v) is 5.48. The Morgan fingerprint density at radius 1 is 1.10 bits per heavy atom. The minimum atomic E-state index is 0.0151. The second kappa shape index (κ2) is 8.39. The van der Waals surface area contributed by atoms with Gasteiger partial charge in [-0.3, -0.25) is 9.47 Å². The van der Waals surface area contributed by atoms with Crippen molar-refractivity contribution < 1.29 is 9.53 Å². The summed E-state index contributed by atoms with van der Waals surface area (Å²) >= 11 is 0. The molecule has 1 aromatic heterocycles. The summed E-state index contributed by atoms with van der Waals surface area (Å²) in [5, 5.41) is 1.11. The van der Waals surface area contributed by atoms with Crippen LogP contribution in [0.4, 0.5) is 0 Å². The summed E-state index contributed by atoms with van der Waals surface area (Å²) in [5.74, 6) is 7.55. The normalized spacial score (nSPS) is 21.7. The molecule has 31 heavy (non-hydrogen) atoms. The number of hydrogen-bond acceptors (Lipinski definition) is 4. The van der Waals surface area contributed by atoms with E-state index in [1.807, 2.05) is 49.4 Å². The Hall–Kier alpha value is -2.79. The lowest BCUT2D eigenvalue weighted by molar-refractivity contribution is 0.0977. The molecule has 2 saturated heterocycles. The number of nitrogens with two attached hydrogens (primary N) is 1. The molecular weight excluding hydrogens is 386 g/mol. The number of fused-ring (bicyclic) bond motifs is 2. The summed E-state index contributed by atoms with van der Waals surface area (Å²) < 4.78 is 7.30. The van der Waals surface area contributed by atoms with Crippen LogP contribution < -0.4 is 10.6 Å². The third-order valence-electron chi connectivity index (χ3n) is 7.04. The molecule has 3 heterocycles. The maximum atomic E-state index is 13.2. The highest BCUT2D eigenvalue weighted by atomic mass is 16.5. The fraction of sp³-hybridized carbons (Fsp3) is 0.423. The molecule has 162 valence electrons. The largest absolute Gasteiger partial charge is 0.494 e. The number of rotatable bonds is 5. The van der Waals surface area contributed by atoms with Gasteiger partial charge in [0.1, 0.15) is 5.75 Å². The summed E-state index contributed by atoms with van der Waals surface area (Å²) in [7, 11) is 0. The molecule has 2 aromatic carbocycles. The molecule has 5 rings (SSSR count). The van der Waals surface area contributed by atoms with Crippen molar-refractivity contribution in [2.75, 3.05) is 25.5 Å². The van der Waals surface area contributed by atoms with E-state index in [1.54, 1.807) is 4.68 Å². The molecule has 2 aliphatic rings. The Labute approximate surface area is 183 Å². The average molecular weight is 418 g/mol. The molecule has 0 spiro atoms. The van der Waals surface area contributed by atoms with Crippen LogP contribution in [0.1, 0.15) is 66.4 Å². The average Bonchev–Trinajstić information content (AvgIpc) is 3.14. The molecule has 0 bridgehead atoms. The van der Waals surface area contributed by atoms with Gasteiger partial charge in [0, 0.05) is 28.8 Å². The third kappa shape index (κ3) is 3.83. The Bertz CT molecular complexity index is 1100. The van der Waals surface area contributed by atoms with Crippen LogP contribution in [0.3, 0.4) is 0 Å². The minimum Gasteiger partial charge on any atom is -0.494 e. The van der Waals surface area contributed by atoms with Crippen molar-refractivity contribution in [2.24, 2.45) is 0 Å². The van der Waals surface area contributed by atoms with E-state index < -0.39 is 0 Å². The molecule has 5 heteroatoms. The molecule has 3 aromatic rings. The number of benzene rings is 2. The van der Waals surface area contributed by atoms with E-state index in [1.165, 1.54) is 37.8 Å². The lowest BCUT2D eigenvalue weighted by Crippen LogP contribution is -2.44. The summed E-state index contributed by atoms with van der Waals surface area (Å²) in [6.45, 7) is 4.93. The number of hydrogen-bond donors (Lipinski definition) is 1. The SMILES string of the molecule is CCOc1cccc(C(=O)c2ccc3c(c2)c(C2CCN4CCCCC4C2)cn3N)c1. The zero-order valence-electron chi connectivity index (χ0n) is 18.2. The van der Waals surface area contributed by atoms with E-state index in [4.69, 9.17) is 10.6 Å². The first kappa shape index (κ1) is 20.1. The maximum Gasteiger partial charge on any atom is 0.193 e. The van der Waals surface area contributed by atoms with Crippen molar-refractivity contribution >= 4 is 16.7 Å². The molecule has 0 aliphatic carbocycles. The highest BCUT2D eigenvalue weighted by molar-refractivity contribution is 6.11. The zero-order valence-corrected chi connectivity index (χ0v) is 18.2. The van der Waals surface area contributed by atoms with Gasteiger partial charge in [-0.25, -0.2) is 0 Å². The van der Waals surface area contributed by atoms with E-state index in [2.05, 4.69) is 11.1 Å². The van der Waals surface area contributed by atoms with Gasteiger partial charge in [-0.05, 0) is 87.5 Å². The summed E-state index contributed by atoms with van der Waals surface area (Å²) in [6.07, 6.45) is 8.40. The summed E-state index contributed by atoms with van der Waals surface area (Å²) in [4.78, 5) is 15.9. The van der Waals surface area contributed by atoms with E-state index in [-0.39, 0.29) is 5.78 Å². The van der Waals surface area contributed by atoms with Gasteiger partial charge in [-0.15, -0.1) is 0 Å². The van der Waals surface area contributed by atoms with Gasteiger partial charge in [0.25, 0.3) is 0 Å². The zero-order chi connectivity index (χ0) is 21.4. The molecule has 0 radical (unpaired) electrons. The smallest absolute Gasteiger partial charge is 0.193 e. The fourth-order valence-electron chi connectivity index (χ4n) is 5.48. The number of carbonyl (C=O) groups excluding carboxylic acids is 1. The highest BCUT2D eigenvalue weighted by Crippen LogP contribution is 2.39. The van der Waals surface area contributed by atoms with Crippen molar-refractivity contribution in [3.63, 3.8) is 0 Å². The van der Waals surface area contributed by atoms with Crippen LogP contribution in [0.25, 0.3) is 10.9 Å². The monoisotopic (exact) mass is 417 g/mol. The summed E-state index contributed by atoms with van der Waals surface area (Å²) in [5.41, 5.74) is 3.62. The Morgan fingerprint density at radius 3 is 2.84 bits per heavy atom. The van der Waals surface area contributed by atoms with Crippen LogP contribution in [0.5, 0.6) is 5.75 Å². The first-order valence-corrected chi connectivity index (χ1v) is 11.6. The molecule has 2 fully saturated rings. The minimum absolute atomic E-state index is 0.0151. The molecule has 0 amide bonds. The number of ether oxygens (including phenoxy) is 1. The van der Waals surface area contributed by atoms with Crippen LogP contribution in [0.15, 0.2) is 48.7 Å². The topological polar surface area (TPSA) is 60.5 Å². The molecule has 5 nitrogen and oxygen atoms in total. The number of nitrogen functional groups attached to an aromatic ring is 1. The number of nitrogens with zero attached hydrogens (tertiary/aromatic N) is 2. The number of aromatic nitrogens is 1. The van der Waals surface area contributed by atoms with E-state index in [9.17, 15) is 4.79 Å². The van der Waals surface area contributed by atoms with E-state index in [0.717, 1.165) is 29.6 Å². The highest BCUT2D eigenvalue weighted by Gasteiger charge is 2.32. The van der Waals surface area contributed by atoms with Crippen LogP contribution in [0.2, 0.25) is 0 Å². The second-order valence-electron chi connectivity index (χ2n) is 8.92. The van der Waals surface area contributed by atoms with Crippen molar-refractivity contribution in [1.82, 2.24) is 9.58 Å². The molecular formula is C26H31N3O2. The summed E-state index contributed by atoms with van der Waals surface area (Å²) in [6, 6.07) is 14.0. The van der Waals surface area contributed by atoms with Crippen LogP contribution in [-0.4, -0.2) is 41.1 Å². The number of piperidine rings is 2. The lowest BCUT2D eigenvalue weighted by atomic mass is 9.82. The standard InChI is InChI=1S/C26H31N3O2/c1-2-31-22-8-5-6-19(15-22)26(30)20-9-10-25-23(16-20)24(17-29(25)27)18-11-13-28-12-4-3-7-21(28)14-18/h5-6,8-10,15-18,21H,2-4,7,11-14,27H2,1H3. The van der Waals surface area contributed by atoms with Gasteiger partial charge in [0.15, 0.2) is 5.78 Å². The number of carbonyl (C=O) groups is 1. The van der Waals surface area contributed by atoms with Crippen LogP contribution in [-0.2, 0) is 0 Å². The molecule has 0 saturated carbocycles. The van der Waals surface area contributed by atoms with E-state index in [0.29, 0.717) is 29.7 Å². The first-order chi connectivity index (χ1) is 15.1. The van der Waals surface area contributed by atoms with Gasteiger partial charge in [0.2, 0.25) is 0 Å². The molecule has 2 atom stereocenters. The van der Waals surface area contributed by atoms with Gasteiger partial charge in [0.05, 0.1) is 12.1 Å². The Kier molecular flexibility index (Phi) is 5.45. The third-order valence-corrected chi connectivity index (χ3v) is 7.04.